The van der Waals surface area contributed by atoms with E-state index in [0.717, 1.165) is 44.9 Å². The molecule has 8 heteroatoms. The molecule has 12 atom stereocenters. The van der Waals surface area contributed by atoms with E-state index in [4.69, 9.17) is 35.7 Å². The molecule has 0 amide bonds. The molecular weight excluding hydrogens is 464 g/mol. The Bertz CT molecular complexity index is 592. The first-order valence-corrected chi connectivity index (χ1v) is 14.1. The van der Waals surface area contributed by atoms with Crippen LogP contribution in [0.15, 0.2) is 0 Å². The molecule has 0 spiro atoms. The predicted octanol–water partition coefficient (Wildman–Crippen LogP) is 1.82. The molecule has 0 aliphatic heterocycles. The summed E-state index contributed by atoms with van der Waals surface area (Å²) in [4.78, 5) is 0. The molecule has 0 saturated heterocycles. The van der Waals surface area contributed by atoms with Crippen LogP contribution in [0.2, 0.25) is 0 Å². The lowest BCUT2D eigenvalue weighted by atomic mass is 9.68. The number of hydrogen-bond acceptors (Lipinski definition) is 8. The molecule has 4 fully saturated rings. The maximum absolute atomic E-state index is 9.51. The lowest BCUT2D eigenvalue weighted by Crippen LogP contribution is -2.55. The summed E-state index contributed by atoms with van der Waals surface area (Å²) >= 11 is 0. The van der Waals surface area contributed by atoms with Crippen LogP contribution in [0.4, 0.5) is 0 Å². The molecule has 36 heavy (non-hydrogen) atoms. The zero-order valence-corrected chi connectivity index (χ0v) is 23.5. The van der Waals surface area contributed by atoms with E-state index in [2.05, 4.69) is 20.8 Å². The van der Waals surface area contributed by atoms with E-state index >= 15 is 0 Å². The highest BCUT2D eigenvalue weighted by Crippen LogP contribution is 2.38. The first kappa shape index (κ1) is 33.7. The average molecular weight is 521 g/mol. The highest BCUT2D eigenvalue weighted by atomic mass is 16.4. The van der Waals surface area contributed by atoms with Gasteiger partial charge in [-0.25, -0.2) is 0 Å². The second kappa shape index (κ2) is 14.7. The fraction of sp³-hybridized carbons (Fsp3) is 1.00. The minimum absolute atomic E-state index is 0.182. The van der Waals surface area contributed by atoms with Crippen molar-refractivity contribution < 1.29 is 40.9 Å². The van der Waals surface area contributed by atoms with Crippen molar-refractivity contribution in [3.63, 3.8) is 0 Å². The minimum Gasteiger partial charge on any atom is -0.390 e. The van der Waals surface area contributed by atoms with E-state index in [0.29, 0.717) is 29.6 Å². The molecule has 216 valence electrons. The van der Waals surface area contributed by atoms with Gasteiger partial charge in [-0.3, -0.25) is 0 Å². The smallest absolute Gasteiger partial charge is 0.0929 e. The maximum Gasteiger partial charge on any atom is 0.0929 e. The molecule has 0 heterocycles. The second-order valence-electron chi connectivity index (χ2n) is 12.2. The van der Waals surface area contributed by atoms with Gasteiger partial charge in [0.1, 0.15) is 0 Å². The van der Waals surface area contributed by atoms with Crippen LogP contribution in [-0.4, -0.2) is 89.2 Å². The van der Waals surface area contributed by atoms with E-state index in [1.54, 1.807) is 0 Å². The molecule has 8 N–H and O–H groups in total. The largest absolute Gasteiger partial charge is 0.390 e. The number of aliphatic hydroxyl groups excluding tert-OH is 7. The third kappa shape index (κ3) is 8.09. The van der Waals surface area contributed by atoms with Crippen molar-refractivity contribution in [2.45, 2.75) is 142 Å². The van der Waals surface area contributed by atoms with Crippen molar-refractivity contribution in [2.75, 3.05) is 0 Å². The fourth-order valence-corrected chi connectivity index (χ4v) is 5.52. The molecule has 0 bridgehead atoms. The Morgan fingerprint density at radius 3 is 1.50 bits per heavy atom. The second-order valence-corrected chi connectivity index (χ2v) is 12.2. The quantitative estimate of drug-likeness (QED) is 0.272. The van der Waals surface area contributed by atoms with Gasteiger partial charge in [0.15, 0.2) is 0 Å². The Morgan fingerprint density at radius 2 is 1.33 bits per heavy atom. The van der Waals surface area contributed by atoms with E-state index < -0.39 is 48.3 Å². The number of rotatable bonds is 5. The Hall–Kier alpha value is -0.320. The van der Waals surface area contributed by atoms with E-state index in [1.807, 2.05) is 27.7 Å². The van der Waals surface area contributed by atoms with Gasteiger partial charge in [-0.15, -0.1) is 0 Å². The molecule has 4 saturated carbocycles. The fourth-order valence-electron chi connectivity index (χ4n) is 5.52. The first-order chi connectivity index (χ1) is 16.6. The van der Waals surface area contributed by atoms with Gasteiger partial charge in [-0.1, -0.05) is 61.3 Å². The summed E-state index contributed by atoms with van der Waals surface area (Å²) in [6.45, 7) is 14.1. The van der Waals surface area contributed by atoms with Crippen LogP contribution in [0, 0.1) is 35.5 Å². The van der Waals surface area contributed by atoms with Crippen molar-refractivity contribution in [1.82, 2.24) is 0 Å². The summed E-state index contributed by atoms with van der Waals surface area (Å²) in [6, 6.07) is 0. The zero-order valence-electron chi connectivity index (χ0n) is 23.5. The third-order valence-corrected chi connectivity index (χ3v) is 9.15. The summed E-state index contributed by atoms with van der Waals surface area (Å²) < 4.78 is 0. The summed E-state index contributed by atoms with van der Waals surface area (Å²) in [5, 5.41) is 72.6. The van der Waals surface area contributed by atoms with E-state index in [-0.39, 0.29) is 5.92 Å². The van der Waals surface area contributed by atoms with Gasteiger partial charge in [0.05, 0.1) is 48.3 Å². The monoisotopic (exact) mass is 520 g/mol. The minimum atomic E-state index is -0.764. The van der Waals surface area contributed by atoms with Crippen LogP contribution in [0.25, 0.3) is 0 Å². The molecule has 12 unspecified atom stereocenters. The van der Waals surface area contributed by atoms with Gasteiger partial charge < -0.3 is 40.9 Å². The van der Waals surface area contributed by atoms with Gasteiger partial charge in [0.2, 0.25) is 0 Å². The van der Waals surface area contributed by atoms with Crippen molar-refractivity contribution >= 4 is 0 Å². The Morgan fingerprint density at radius 1 is 0.778 bits per heavy atom. The highest BCUT2D eigenvalue weighted by Gasteiger charge is 2.46. The summed E-state index contributed by atoms with van der Waals surface area (Å²) in [6.07, 6.45) is 3.08. The average Bonchev–Trinajstić information content (AvgIpc) is 2.86. The third-order valence-electron chi connectivity index (χ3n) is 9.15. The van der Waals surface area contributed by atoms with Gasteiger partial charge >= 0.3 is 0 Å². The molecule has 0 radical (unpaired) electrons. The normalized spacial score (nSPS) is 44.8. The lowest BCUT2D eigenvalue weighted by molar-refractivity contribution is -0.170. The summed E-state index contributed by atoms with van der Waals surface area (Å²) in [7, 11) is 0. The Labute approximate surface area is 218 Å². The predicted molar refractivity (Wildman–Crippen MR) is 140 cm³/mol. The Kier molecular flexibility index (Phi) is 13.8. The lowest BCUT2D eigenvalue weighted by Gasteiger charge is -2.45. The van der Waals surface area contributed by atoms with E-state index in [1.165, 1.54) is 0 Å². The maximum atomic E-state index is 9.51. The van der Waals surface area contributed by atoms with Crippen molar-refractivity contribution in [2.24, 2.45) is 35.5 Å². The molecule has 0 aromatic heterocycles. The summed E-state index contributed by atoms with van der Waals surface area (Å²) in [5.74, 6) is 2.03. The molecule has 0 aromatic rings. The number of hydrogen-bond donors (Lipinski definition) is 8. The molecule has 4 aliphatic rings. The molecule has 4 rings (SSSR count). The molecular formula is C28H56O8. The van der Waals surface area contributed by atoms with Crippen LogP contribution in [0.1, 0.15) is 93.4 Å². The van der Waals surface area contributed by atoms with Crippen LogP contribution in [0.3, 0.4) is 0 Å². The van der Waals surface area contributed by atoms with Crippen molar-refractivity contribution in [1.29, 1.82) is 0 Å². The van der Waals surface area contributed by atoms with Crippen molar-refractivity contribution in [3.05, 3.63) is 0 Å². The SMILES string of the molecule is CC(C)C1(O)CCC1O.CC(C)C1CC(O)C1O.CCC1C(C)C(O)C1O.CCCC1CC(O)C1O. The van der Waals surface area contributed by atoms with Gasteiger partial charge in [-0.2, -0.15) is 0 Å². The first-order valence-electron chi connectivity index (χ1n) is 14.1. The topological polar surface area (TPSA) is 162 Å². The molecule has 4 aliphatic carbocycles. The summed E-state index contributed by atoms with van der Waals surface area (Å²) in [5.41, 5.74) is -0.764. The van der Waals surface area contributed by atoms with E-state index in [9.17, 15) is 5.11 Å². The number of aliphatic hydroxyl groups is 8. The van der Waals surface area contributed by atoms with Crippen LogP contribution in [-0.2, 0) is 0 Å². The van der Waals surface area contributed by atoms with Crippen LogP contribution >= 0.6 is 0 Å². The van der Waals surface area contributed by atoms with Crippen molar-refractivity contribution in [3.8, 4) is 0 Å². The zero-order chi connectivity index (χ0) is 28.0. The van der Waals surface area contributed by atoms with Crippen LogP contribution in [0.5, 0.6) is 0 Å². The molecule has 8 nitrogen and oxygen atoms in total. The highest BCUT2D eigenvalue weighted by molar-refractivity contribution is 4.98. The molecule has 0 aromatic carbocycles. The Balaban J connectivity index is 0.000000240. The van der Waals surface area contributed by atoms with Crippen LogP contribution < -0.4 is 0 Å². The van der Waals surface area contributed by atoms with Gasteiger partial charge in [0, 0.05) is 0 Å². The van der Waals surface area contributed by atoms with Gasteiger partial charge in [-0.05, 0) is 67.6 Å². The van der Waals surface area contributed by atoms with Gasteiger partial charge in [0.25, 0.3) is 0 Å². The standard InChI is InChI=1S/4C7H14O2/c1-5(2)7(9)4-3-6(7)8;1-4(2)5-3-6(8)7(5)9;1-3-5-4(2)6(8)7(5)9;1-2-3-5-4-6(8)7(5)9/h5-6,8-9H,3-4H2,1-2H3;2*4-9H,3H2,1-2H3;5-9H,2-4H2,1H3.